The zero-order valence-electron chi connectivity index (χ0n) is 12.2. The van der Waals surface area contributed by atoms with Gasteiger partial charge in [-0.3, -0.25) is 15.1 Å². The lowest BCUT2D eigenvalue weighted by Crippen LogP contribution is -2.30. The summed E-state index contributed by atoms with van der Waals surface area (Å²) in [4.78, 5) is 13.5. The van der Waals surface area contributed by atoms with Crippen molar-refractivity contribution in [2.45, 2.75) is 6.18 Å². The number of nitrogens with one attached hydrogen (secondary N) is 1. The lowest BCUT2D eigenvalue weighted by atomic mass is 10.1. The lowest BCUT2D eigenvalue weighted by Gasteiger charge is -2.19. The summed E-state index contributed by atoms with van der Waals surface area (Å²) in [5.41, 5.74) is -0.527. The lowest BCUT2D eigenvalue weighted by molar-refractivity contribution is -0.137. The summed E-state index contributed by atoms with van der Waals surface area (Å²) in [6.45, 7) is 0. The predicted molar refractivity (Wildman–Crippen MR) is 88.7 cm³/mol. The topological polar surface area (TPSA) is 44.2 Å². The number of anilines is 1. The number of carbonyl (C=O) groups excluding carboxylic acids is 1. The molecule has 0 spiro atoms. The van der Waals surface area contributed by atoms with Gasteiger partial charge in [0.1, 0.15) is 0 Å². The molecule has 7 heteroatoms. The minimum Gasteiger partial charge on any atom is -0.278 e. The molecular formula is C17H11F3N2OS. The molecule has 1 aliphatic heterocycles. The highest BCUT2D eigenvalue weighted by atomic mass is 32.2. The van der Waals surface area contributed by atoms with Crippen LogP contribution in [0.5, 0.6) is 0 Å². The Morgan fingerprint density at radius 1 is 1.00 bits per heavy atom. The van der Waals surface area contributed by atoms with Gasteiger partial charge in [0.15, 0.2) is 5.17 Å². The zero-order valence-corrected chi connectivity index (χ0v) is 13.0. The molecule has 1 N–H and O–H groups in total. The maximum atomic E-state index is 13.2. The standard InChI is InChI=1S/C17H11F3N2OS/c18-17(19,20)12-8-4-5-9-13(12)22-15(23)14(24-16(22)21)10-11-6-2-1-3-7-11/h1-10,21H/b14-10-,21-16?. The summed E-state index contributed by atoms with van der Waals surface area (Å²) in [6, 6.07) is 13.7. The Kier molecular flexibility index (Phi) is 4.19. The molecule has 24 heavy (non-hydrogen) atoms. The van der Waals surface area contributed by atoms with Gasteiger partial charge in [0.05, 0.1) is 16.2 Å². The number of hydrogen-bond donors (Lipinski definition) is 1. The normalized spacial score (nSPS) is 17.0. The zero-order chi connectivity index (χ0) is 17.3. The Labute approximate surface area is 140 Å². The Balaban J connectivity index is 2.01. The van der Waals surface area contributed by atoms with Gasteiger partial charge < -0.3 is 0 Å². The summed E-state index contributed by atoms with van der Waals surface area (Å²) < 4.78 is 39.5. The van der Waals surface area contributed by atoms with E-state index in [4.69, 9.17) is 5.41 Å². The summed E-state index contributed by atoms with van der Waals surface area (Å²) in [5, 5.41) is 7.68. The quantitative estimate of drug-likeness (QED) is 0.795. The molecule has 0 unspecified atom stereocenters. The van der Waals surface area contributed by atoms with E-state index in [0.717, 1.165) is 28.3 Å². The SMILES string of the molecule is N=C1S/C(=C\c2ccccc2)C(=O)N1c1ccccc1C(F)(F)F. The van der Waals surface area contributed by atoms with Gasteiger partial charge in [-0.05, 0) is 35.5 Å². The van der Waals surface area contributed by atoms with E-state index < -0.39 is 17.6 Å². The van der Waals surface area contributed by atoms with Crippen molar-refractivity contribution in [3.63, 3.8) is 0 Å². The van der Waals surface area contributed by atoms with Crippen molar-refractivity contribution in [3.8, 4) is 0 Å². The average Bonchev–Trinajstić information content (AvgIpc) is 2.81. The molecule has 2 aromatic carbocycles. The number of hydrogen-bond acceptors (Lipinski definition) is 3. The van der Waals surface area contributed by atoms with Crippen LogP contribution in [0.2, 0.25) is 0 Å². The van der Waals surface area contributed by atoms with E-state index >= 15 is 0 Å². The highest BCUT2D eigenvalue weighted by Crippen LogP contribution is 2.41. The smallest absolute Gasteiger partial charge is 0.278 e. The number of para-hydroxylation sites is 1. The fourth-order valence-electron chi connectivity index (χ4n) is 2.31. The van der Waals surface area contributed by atoms with Gasteiger partial charge in [-0.2, -0.15) is 13.2 Å². The molecule has 2 aromatic rings. The first-order valence-corrected chi connectivity index (χ1v) is 7.73. The van der Waals surface area contributed by atoms with Crippen LogP contribution in [0, 0.1) is 5.41 Å². The monoisotopic (exact) mass is 348 g/mol. The first kappa shape index (κ1) is 16.3. The van der Waals surface area contributed by atoms with Gasteiger partial charge in [0, 0.05) is 0 Å². The molecule has 0 aromatic heterocycles. The van der Waals surface area contributed by atoms with Crippen molar-refractivity contribution in [2.75, 3.05) is 4.90 Å². The number of halogens is 3. The molecule has 0 bridgehead atoms. The number of amides is 1. The summed E-state index contributed by atoms with van der Waals surface area (Å²) >= 11 is 0.844. The molecular weight excluding hydrogens is 337 g/mol. The van der Waals surface area contributed by atoms with Crippen LogP contribution in [0.1, 0.15) is 11.1 Å². The molecule has 3 rings (SSSR count). The Morgan fingerprint density at radius 2 is 1.62 bits per heavy atom. The van der Waals surface area contributed by atoms with Gasteiger partial charge in [0.25, 0.3) is 5.91 Å². The Morgan fingerprint density at radius 3 is 2.29 bits per heavy atom. The van der Waals surface area contributed by atoms with Crippen LogP contribution in [-0.2, 0) is 11.0 Å². The first-order valence-electron chi connectivity index (χ1n) is 6.92. The van der Waals surface area contributed by atoms with Crippen molar-refractivity contribution in [2.24, 2.45) is 0 Å². The number of alkyl halides is 3. The highest BCUT2D eigenvalue weighted by molar-refractivity contribution is 8.19. The van der Waals surface area contributed by atoms with Crippen molar-refractivity contribution < 1.29 is 18.0 Å². The number of benzene rings is 2. The molecule has 1 heterocycles. The van der Waals surface area contributed by atoms with E-state index in [1.807, 2.05) is 6.07 Å². The molecule has 0 atom stereocenters. The van der Waals surface area contributed by atoms with Crippen molar-refractivity contribution >= 4 is 34.6 Å². The molecule has 0 saturated carbocycles. The van der Waals surface area contributed by atoms with E-state index in [0.29, 0.717) is 0 Å². The van der Waals surface area contributed by atoms with Crippen LogP contribution < -0.4 is 4.90 Å². The maximum Gasteiger partial charge on any atom is 0.418 e. The molecule has 1 aliphatic rings. The molecule has 1 saturated heterocycles. The second kappa shape index (κ2) is 6.16. The van der Waals surface area contributed by atoms with E-state index in [2.05, 4.69) is 0 Å². The van der Waals surface area contributed by atoms with Crippen LogP contribution in [-0.4, -0.2) is 11.1 Å². The second-order valence-corrected chi connectivity index (χ2v) is 6.01. The van der Waals surface area contributed by atoms with Crippen molar-refractivity contribution in [1.29, 1.82) is 5.41 Å². The number of nitrogens with zero attached hydrogens (tertiary/aromatic N) is 1. The molecule has 0 radical (unpaired) electrons. The van der Waals surface area contributed by atoms with E-state index in [1.165, 1.54) is 18.2 Å². The van der Waals surface area contributed by atoms with Gasteiger partial charge in [-0.25, -0.2) is 0 Å². The molecule has 122 valence electrons. The summed E-state index contributed by atoms with van der Waals surface area (Å²) in [5.74, 6) is -0.634. The third kappa shape index (κ3) is 3.07. The molecule has 0 aliphatic carbocycles. The fraction of sp³-hybridized carbons (Fsp3) is 0.0588. The Bertz CT molecular complexity index is 831. The van der Waals surface area contributed by atoms with E-state index in [-0.39, 0.29) is 15.8 Å². The van der Waals surface area contributed by atoms with Crippen molar-refractivity contribution in [3.05, 3.63) is 70.6 Å². The van der Waals surface area contributed by atoms with Gasteiger partial charge in [-0.1, -0.05) is 42.5 Å². The predicted octanol–water partition coefficient (Wildman–Crippen LogP) is 4.76. The van der Waals surface area contributed by atoms with Crippen LogP contribution in [0.4, 0.5) is 18.9 Å². The first-order chi connectivity index (χ1) is 11.4. The Hall–Kier alpha value is -2.54. The largest absolute Gasteiger partial charge is 0.418 e. The van der Waals surface area contributed by atoms with Crippen LogP contribution >= 0.6 is 11.8 Å². The minimum absolute atomic E-state index is 0.211. The average molecular weight is 348 g/mol. The number of rotatable bonds is 2. The van der Waals surface area contributed by atoms with Gasteiger partial charge in [-0.15, -0.1) is 0 Å². The number of thioether (sulfide) groups is 1. The highest BCUT2D eigenvalue weighted by Gasteiger charge is 2.40. The summed E-state index contributed by atoms with van der Waals surface area (Å²) in [7, 11) is 0. The third-order valence-corrected chi connectivity index (χ3v) is 4.26. The van der Waals surface area contributed by atoms with E-state index in [9.17, 15) is 18.0 Å². The number of amidine groups is 1. The van der Waals surface area contributed by atoms with Crippen LogP contribution in [0.15, 0.2) is 59.5 Å². The van der Waals surface area contributed by atoms with Gasteiger partial charge in [0.2, 0.25) is 0 Å². The molecule has 1 fully saturated rings. The van der Waals surface area contributed by atoms with Crippen LogP contribution in [0.25, 0.3) is 6.08 Å². The maximum absolute atomic E-state index is 13.2. The van der Waals surface area contributed by atoms with Crippen molar-refractivity contribution in [1.82, 2.24) is 0 Å². The molecule has 1 amide bonds. The third-order valence-electron chi connectivity index (χ3n) is 3.37. The van der Waals surface area contributed by atoms with E-state index in [1.54, 1.807) is 30.3 Å². The van der Waals surface area contributed by atoms with Crippen LogP contribution in [0.3, 0.4) is 0 Å². The number of carbonyl (C=O) groups is 1. The molecule has 3 nitrogen and oxygen atoms in total. The minimum atomic E-state index is -4.60. The fourth-order valence-corrected chi connectivity index (χ4v) is 3.17. The van der Waals surface area contributed by atoms with Gasteiger partial charge >= 0.3 is 6.18 Å². The summed E-state index contributed by atoms with van der Waals surface area (Å²) in [6.07, 6.45) is -3.04. The second-order valence-electron chi connectivity index (χ2n) is 4.98.